The molecule has 0 radical (unpaired) electrons. The summed E-state index contributed by atoms with van der Waals surface area (Å²) in [6, 6.07) is 9.28. The molecule has 0 aliphatic heterocycles. The number of aromatic nitrogens is 5. The van der Waals surface area contributed by atoms with Gasteiger partial charge in [0, 0.05) is 36.1 Å². The lowest BCUT2D eigenvalue weighted by Gasteiger charge is -2.08. The fourth-order valence-electron chi connectivity index (χ4n) is 2.41. The zero-order valence-corrected chi connectivity index (χ0v) is 17.4. The summed E-state index contributed by atoms with van der Waals surface area (Å²) in [5.41, 5.74) is 2.60. The molecule has 29 heavy (non-hydrogen) atoms. The molecule has 0 saturated carbocycles. The number of likely N-dealkylation sites (N-methyl/N-ethyl adjacent to an activating group) is 1. The second-order valence-corrected chi connectivity index (χ2v) is 7.64. The zero-order valence-electron chi connectivity index (χ0n) is 16.6. The minimum atomic E-state index is -0.397. The maximum Gasteiger partial charge on any atom is 0.277 e. The molecule has 0 spiro atoms. The molecule has 2 amide bonds. The highest BCUT2D eigenvalue weighted by molar-refractivity contribution is 7.99. The Morgan fingerprint density at radius 3 is 2.38 bits per heavy atom. The molecule has 2 aromatic heterocycles. The molecule has 10 heteroatoms. The normalized spacial score (nSPS) is 10.6. The summed E-state index contributed by atoms with van der Waals surface area (Å²) in [7, 11) is 3.31. The fourth-order valence-corrected chi connectivity index (χ4v) is 3.27. The standard InChI is InChI=1S/C19H21N7O2S/c1-12-9-13(2)21-19(20-12)29-15-7-5-14(6-8-15)22-18(28)16-10-26(24-23-16)11-17(27)25(3)4/h5-10H,11H2,1-4H3,(H,22,28). The number of aryl methyl sites for hydroxylation is 2. The third-order valence-electron chi connectivity index (χ3n) is 3.85. The second kappa shape index (κ2) is 8.82. The van der Waals surface area contributed by atoms with E-state index in [1.54, 1.807) is 26.2 Å². The van der Waals surface area contributed by atoms with Gasteiger partial charge in [0.2, 0.25) is 5.91 Å². The van der Waals surface area contributed by atoms with Crippen LogP contribution < -0.4 is 5.32 Å². The van der Waals surface area contributed by atoms with Gasteiger partial charge in [-0.15, -0.1) is 5.10 Å². The largest absolute Gasteiger partial charge is 0.347 e. The van der Waals surface area contributed by atoms with Gasteiger partial charge in [-0.05, 0) is 55.9 Å². The van der Waals surface area contributed by atoms with Crippen LogP contribution in [0.4, 0.5) is 5.69 Å². The smallest absolute Gasteiger partial charge is 0.277 e. The van der Waals surface area contributed by atoms with Crippen molar-refractivity contribution in [2.45, 2.75) is 30.4 Å². The molecule has 2 heterocycles. The number of benzene rings is 1. The summed E-state index contributed by atoms with van der Waals surface area (Å²) in [6.45, 7) is 3.90. The van der Waals surface area contributed by atoms with Gasteiger partial charge in [-0.1, -0.05) is 5.21 Å². The topological polar surface area (TPSA) is 106 Å². The minimum absolute atomic E-state index is 0.0275. The van der Waals surface area contributed by atoms with E-state index in [9.17, 15) is 9.59 Å². The quantitative estimate of drug-likeness (QED) is 0.620. The van der Waals surface area contributed by atoms with Crippen LogP contribution in [0.5, 0.6) is 0 Å². The predicted molar refractivity (Wildman–Crippen MR) is 109 cm³/mol. The highest BCUT2D eigenvalue weighted by Gasteiger charge is 2.13. The number of anilines is 1. The van der Waals surface area contributed by atoms with Gasteiger partial charge >= 0.3 is 0 Å². The second-order valence-electron chi connectivity index (χ2n) is 6.60. The Labute approximate surface area is 172 Å². The summed E-state index contributed by atoms with van der Waals surface area (Å²) in [5.74, 6) is -0.533. The molecule has 0 atom stereocenters. The van der Waals surface area contributed by atoms with Crippen LogP contribution in [-0.2, 0) is 11.3 Å². The van der Waals surface area contributed by atoms with E-state index in [-0.39, 0.29) is 18.1 Å². The van der Waals surface area contributed by atoms with Crippen molar-refractivity contribution in [1.82, 2.24) is 29.9 Å². The van der Waals surface area contributed by atoms with Crippen molar-refractivity contribution in [3.05, 3.63) is 53.6 Å². The zero-order chi connectivity index (χ0) is 21.0. The lowest BCUT2D eigenvalue weighted by molar-refractivity contribution is -0.129. The van der Waals surface area contributed by atoms with Gasteiger partial charge in [0.25, 0.3) is 5.91 Å². The first-order valence-corrected chi connectivity index (χ1v) is 9.63. The highest BCUT2D eigenvalue weighted by atomic mass is 32.2. The molecule has 0 fully saturated rings. The summed E-state index contributed by atoms with van der Waals surface area (Å²) >= 11 is 1.45. The number of carbonyl (C=O) groups excluding carboxylic acids is 2. The van der Waals surface area contributed by atoms with Crippen molar-refractivity contribution in [2.75, 3.05) is 19.4 Å². The Kier molecular flexibility index (Phi) is 6.23. The van der Waals surface area contributed by atoms with E-state index in [0.717, 1.165) is 16.3 Å². The third kappa shape index (κ3) is 5.61. The Hall–Kier alpha value is -3.27. The van der Waals surface area contributed by atoms with Gasteiger partial charge in [-0.2, -0.15) is 0 Å². The van der Waals surface area contributed by atoms with E-state index in [1.165, 1.54) is 27.5 Å². The van der Waals surface area contributed by atoms with E-state index in [4.69, 9.17) is 0 Å². The maximum atomic E-state index is 12.4. The lowest BCUT2D eigenvalue weighted by atomic mass is 10.3. The van der Waals surface area contributed by atoms with Crippen molar-refractivity contribution in [3.63, 3.8) is 0 Å². The van der Waals surface area contributed by atoms with Crippen LogP contribution in [0, 0.1) is 13.8 Å². The van der Waals surface area contributed by atoms with Crippen molar-refractivity contribution in [1.29, 1.82) is 0 Å². The van der Waals surface area contributed by atoms with Crippen molar-refractivity contribution < 1.29 is 9.59 Å². The fraction of sp³-hybridized carbons (Fsp3) is 0.263. The first-order valence-electron chi connectivity index (χ1n) is 8.82. The van der Waals surface area contributed by atoms with E-state index >= 15 is 0 Å². The summed E-state index contributed by atoms with van der Waals surface area (Å²) in [5, 5.41) is 11.1. The number of nitrogens with zero attached hydrogens (tertiary/aromatic N) is 6. The molecule has 0 aliphatic rings. The van der Waals surface area contributed by atoms with Crippen LogP contribution in [0.15, 0.2) is 46.6 Å². The van der Waals surface area contributed by atoms with Crippen LogP contribution >= 0.6 is 11.8 Å². The average molecular weight is 411 g/mol. The molecule has 1 aromatic carbocycles. The third-order valence-corrected chi connectivity index (χ3v) is 4.72. The Balaban J connectivity index is 1.61. The van der Waals surface area contributed by atoms with Crippen LogP contribution in [0.1, 0.15) is 21.9 Å². The molecule has 3 aromatic rings. The summed E-state index contributed by atoms with van der Waals surface area (Å²) < 4.78 is 1.33. The number of amides is 2. The van der Waals surface area contributed by atoms with Crippen molar-refractivity contribution in [2.24, 2.45) is 0 Å². The molecule has 150 valence electrons. The number of nitrogens with one attached hydrogen (secondary N) is 1. The molecule has 0 aliphatic carbocycles. The molecule has 3 rings (SSSR count). The molecule has 0 unspecified atom stereocenters. The van der Waals surface area contributed by atoms with Crippen LogP contribution in [0.25, 0.3) is 0 Å². The van der Waals surface area contributed by atoms with Crippen molar-refractivity contribution >= 4 is 29.3 Å². The number of hydrogen-bond donors (Lipinski definition) is 1. The van der Waals surface area contributed by atoms with E-state index < -0.39 is 5.91 Å². The van der Waals surface area contributed by atoms with Gasteiger partial charge in [-0.25, -0.2) is 14.6 Å². The Morgan fingerprint density at radius 2 is 1.76 bits per heavy atom. The lowest BCUT2D eigenvalue weighted by Crippen LogP contribution is -2.26. The van der Waals surface area contributed by atoms with E-state index in [1.807, 2.05) is 32.0 Å². The molecule has 0 saturated heterocycles. The SMILES string of the molecule is Cc1cc(C)nc(Sc2ccc(NC(=O)c3cn(CC(=O)N(C)C)nn3)cc2)n1. The first-order chi connectivity index (χ1) is 13.8. The van der Waals surface area contributed by atoms with Gasteiger partial charge in [-0.3, -0.25) is 9.59 Å². The van der Waals surface area contributed by atoms with Crippen molar-refractivity contribution in [3.8, 4) is 0 Å². The van der Waals surface area contributed by atoms with Crippen LogP contribution in [-0.4, -0.2) is 55.8 Å². The predicted octanol–water partition coefficient (Wildman–Crippen LogP) is 2.18. The van der Waals surface area contributed by atoms with Crippen LogP contribution in [0.3, 0.4) is 0 Å². The molecular formula is C19H21N7O2S. The minimum Gasteiger partial charge on any atom is -0.347 e. The number of carbonyl (C=O) groups is 2. The number of hydrogen-bond acceptors (Lipinski definition) is 7. The Morgan fingerprint density at radius 1 is 1.10 bits per heavy atom. The Bertz CT molecular complexity index is 1010. The average Bonchev–Trinajstić information content (AvgIpc) is 3.11. The van der Waals surface area contributed by atoms with Gasteiger partial charge < -0.3 is 10.2 Å². The van der Waals surface area contributed by atoms with Gasteiger partial charge in [0.05, 0.1) is 6.20 Å². The first kappa shape index (κ1) is 20.5. The van der Waals surface area contributed by atoms with E-state index in [2.05, 4.69) is 25.6 Å². The van der Waals surface area contributed by atoms with Gasteiger partial charge in [0.15, 0.2) is 10.9 Å². The highest BCUT2D eigenvalue weighted by Crippen LogP contribution is 2.26. The molecular weight excluding hydrogens is 390 g/mol. The molecule has 9 nitrogen and oxygen atoms in total. The maximum absolute atomic E-state index is 12.4. The van der Waals surface area contributed by atoms with Crippen LogP contribution in [0.2, 0.25) is 0 Å². The van der Waals surface area contributed by atoms with Gasteiger partial charge in [0.1, 0.15) is 6.54 Å². The molecule has 1 N–H and O–H groups in total. The molecule has 0 bridgehead atoms. The van der Waals surface area contributed by atoms with E-state index in [0.29, 0.717) is 10.8 Å². The number of rotatable bonds is 6. The summed E-state index contributed by atoms with van der Waals surface area (Å²) in [4.78, 5) is 35.3. The summed E-state index contributed by atoms with van der Waals surface area (Å²) in [6.07, 6.45) is 1.44. The monoisotopic (exact) mass is 411 g/mol.